The fourth-order valence-corrected chi connectivity index (χ4v) is 3.43. The third kappa shape index (κ3) is 8.06. The molecule has 0 heterocycles. The summed E-state index contributed by atoms with van der Waals surface area (Å²) < 4.78 is 16.5. The fraction of sp³-hybridized carbons (Fsp3) is 0.0800. The molecule has 0 unspecified atom stereocenters. The lowest BCUT2D eigenvalue weighted by Gasteiger charge is -2.07. The van der Waals surface area contributed by atoms with Gasteiger partial charge in [0, 0.05) is 11.1 Å². The molecular weight excluding hydrogens is 524 g/mol. The Balaban J connectivity index is 1.48. The summed E-state index contributed by atoms with van der Waals surface area (Å²) in [6, 6.07) is 19.0. The Hall–Kier alpha value is -3.62. The average molecular weight is 544 g/mol. The van der Waals surface area contributed by atoms with Crippen molar-refractivity contribution in [3.63, 3.8) is 0 Å². The van der Waals surface area contributed by atoms with Crippen LogP contribution >= 0.6 is 27.5 Å². The van der Waals surface area contributed by atoms with Crippen LogP contribution < -0.4 is 19.6 Å². The summed E-state index contributed by atoms with van der Waals surface area (Å²) in [5.74, 6) is 0.597. The third-order valence-corrected chi connectivity index (χ3v) is 5.11. The van der Waals surface area contributed by atoms with Crippen molar-refractivity contribution in [2.45, 2.75) is 0 Å². The van der Waals surface area contributed by atoms with Crippen molar-refractivity contribution in [1.29, 1.82) is 0 Å². The van der Waals surface area contributed by atoms with Gasteiger partial charge in [0.1, 0.15) is 17.2 Å². The molecule has 34 heavy (non-hydrogen) atoms. The number of nitrogens with zero attached hydrogens (tertiary/aromatic N) is 1. The maximum Gasteiger partial charge on any atom is 0.336 e. The first-order valence-corrected chi connectivity index (χ1v) is 11.1. The monoisotopic (exact) mass is 542 g/mol. The van der Waals surface area contributed by atoms with Crippen LogP contribution in [0, 0.1) is 0 Å². The molecule has 3 aromatic rings. The minimum atomic E-state index is -0.524. The van der Waals surface area contributed by atoms with Gasteiger partial charge in [-0.05, 0) is 75.6 Å². The van der Waals surface area contributed by atoms with E-state index in [4.69, 9.17) is 25.8 Å². The maximum absolute atomic E-state index is 12.1. The molecule has 174 valence electrons. The molecule has 0 aromatic heterocycles. The highest BCUT2D eigenvalue weighted by Gasteiger charge is 2.06. The number of halogens is 2. The highest BCUT2D eigenvalue weighted by atomic mass is 79.9. The Bertz CT molecular complexity index is 1210. The van der Waals surface area contributed by atoms with Crippen molar-refractivity contribution in [3.8, 4) is 17.2 Å². The summed E-state index contributed by atoms with van der Waals surface area (Å²) in [5, 5.41) is 4.45. The van der Waals surface area contributed by atoms with Gasteiger partial charge in [-0.2, -0.15) is 5.10 Å². The van der Waals surface area contributed by atoms with E-state index in [1.54, 1.807) is 67.8 Å². The van der Waals surface area contributed by atoms with Crippen molar-refractivity contribution in [2.75, 3.05) is 13.7 Å². The summed E-state index contributed by atoms with van der Waals surface area (Å²) in [4.78, 5) is 24.1. The van der Waals surface area contributed by atoms with Crippen molar-refractivity contribution < 1.29 is 23.8 Å². The minimum Gasteiger partial charge on any atom is -0.497 e. The molecule has 0 bridgehead atoms. The predicted molar refractivity (Wildman–Crippen MR) is 134 cm³/mol. The normalized spacial score (nSPS) is 10.9. The number of nitrogens with one attached hydrogen (secondary N) is 1. The second-order valence-corrected chi connectivity index (χ2v) is 8.05. The van der Waals surface area contributed by atoms with Crippen LogP contribution in [0.2, 0.25) is 5.02 Å². The van der Waals surface area contributed by atoms with Crippen molar-refractivity contribution in [3.05, 3.63) is 93.4 Å². The van der Waals surface area contributed by atoms with E-state index in [2.05, 4.69) is 26.5 Å². The summed E-state index contributed by atoms with van der Waals surface area (Å²) in [5.41, 5.74) is 3.84. The van der Waals surface area contributed by atoms with Gasteiger partial charge in [-0.25, -0.2) is 10.2 Å². The lowest BCUT2D eigenvalue weighted by molar-refractivity contribution is -0.129. The average Bonchev–Trinajstić information content (AvgIpc) is 2.83. The molecule has 0 spiro atoms. The van der Waals surface area contributed by atoms with E-state index in [9.17, 15) is 9.59 Å². The number of hydrogen-bond acceptors (Lipinski definition) is 6. The highest BCUT2D eigenvalue weighted by Crippen LogP contribution is 2.27. The SMILES string of the molecule is COc1ccc(C=CC(=O)Oc2cccc(C=NNC(=O)COc3ccc(Cl)cc3Br)c2)cc1. The molecule has 0 saturated carbocycles. The lowest BCUT2D eigenvalue weighted by atomic mass is 10.2. The Morgan fingerprint density at radius 1 is 1.03 bits per heavy atom. The Labute approximate surface area is 210 Å². The summed E-state index contributed by atoms with van der Waals surface area (Å²) in [7, 11) is 1.59. The number of amides is 1. The van der Waals surface area contributed by atoms with Crippen LogP contribution in [-0.2, 0) is 9.59 Å². The molecule has 1 N–H and O–H groups in total. The van der Waals surface area contributed by atoms with E-state index in [-0.39, 0.29) is 6.61 Å². The number of benzene rings is 3. The third-order valence-electron chi connectivity index (χ3n) is 4.26. The quantitative estimate of drug-likeness (QED) is 0.131. The summed E-state index contributed by atoms with van der Waals surface area (Å²) >= 11 is 9.19. The van der Waals surface area contributed by atoms with Gasteiger partial charge >= 0.3 is 5.97 Å². The number of hydrogen-bond donors (Lipinski definition) is 1. The number of hydrazone groups is 1. The zero-order chi connectivity index (χ0) is 24.3. The van der Waals surface area contributed by atoms with Gasteiger partial charge in [0.15, 0.2) is 6.61 Å². The van der Waals surface area contributed by atoms with Crippen LogP contribution in [0.25, 0.3) is 6.08 Å². The zero-order valence-corrected chi connectivity index (χ0v) is 20.4. The zero-order valence-electron chi connectivity index (χ0n) is 18.0. The molecule has 0 aliphatic heterocycles. The first-order chi connectivity index (χ1) is 16.4. The van der Waals surface area contributed by atoms with Gasteiger partial charge in [0.05, 0.1) is 17.8 Å². The smallest absolute Gasteiger partial charge is 0.336 e. The second-order valence-electron chi connectivity index (χ2n) is 6.76. The molecule has 7 nitrogen and oxygen atoms in total. The number of esters is 1. The van der Waals surface area contributed by atoms with E-state index >= 15 is 0 Å². The maximum atomic E-state index is 12.1. The molecule has 3 aromatic carbocycles. The van der Waals surface area contributed by atoms with Crippen molar-refractivity contribution >= 4 is 51.7 Å². The molecule has 0 fully saturated rings. The van der Waals surface area contributed by atoms with Gasteiger partial charge in [-0.1, -0.05) is 35.9 Å². The van der Waals surface area contributed by atoms with Crippen LogP contribution in [0.4, 0.5) is 0 Å². The fourth-order valence-electron chi connectivity index (χ4n) is 2.63. The van der Waals surface area contributed by atoms with Crippen molar-refractivity contribution in [2.24, 2.45) is 5.10 Å². The van der Waals surface area contributed by atoms with E-state index in [0.29, 0.717) is 26.6 Å². The molecule has 0 aliphatic carbocycles. The van der Waals surface area contributed by atoms with Gasteiger partial charge in [-0.3, -0.25) is 4.79 Å². The largest absolute Gasteiger partial charge is 0.497 e. The number of rotatable bonds is 9. The molecule has 0 saturated heterocycles. The molecule has 0 radical (unpaired) electrons. The lowest BCUT2D eigenvalue weighted by Crippen LogP contribution is -2.24. The Kier molecular flexibility index (Phi) is 9.25. The number of ether oxygens (including phenoxy) is 3. The van der Waals surface area contributed by atoms with E-state index in [1.165, 1.54) is 12.3 Å². The molecular formula is C25H20BrClN2O5. The van der Waals surface area contributed by atoms with Gasteiger partial charge in [-0.15, -0.1) is 0 Å². The van der Waals surface area contributed by atoms with E-state index in [1.807, 2.05) is 12.1 Å². The van der Waals surface area contributed by atoms with E-state index < -0.39 is 11.9 Å². The predicted octanol–water partition coefficient (Wildman–Crippen LogP) is 5.26. The van der Waals surface area contributed by atoms with Gasteiger partial charge in [0.2, 0.25) is 0 Å². The van der Waals surface area contributed by atoms with Gasteiger partial charge < -0.3 is 14.2 Å². The number of carbonyl (C=O) groups excluding carboxylic acids is 2. The van der Waals surface area contributed by atoms with Crippen molar-refractivity contribution in [1.82, 2.24) is 5.43 Å². The molecule has 0 aliphatic rings. The van der Waals surface area contributed by atoms with Crippen LogP contribution in [0.15, 0.2) is 82.4 Å². The van der Waals surface area contributed by atoms with E-state index in [0.717, 1.165) is 11.3 Å². The van der Waals surface area contributed by atoms with Crippen LogP contribution in [0.1, 0.15) is 11.1 Å². The summed E-state index contributed by atoms with van der Waals surface area (Å²) in [6.45, 7) is -0.226. The number of carbonyl (C=O) groups is 2. The van der Waals surface area contributed by atoms with Crippen LogP contribution in [0.3, 0.4) is 0 Å². The minimum absolute atomic E-state index is 0.226. The topological polar surface area (TPSA) is 86.2 Å². The molecule has 9 heteroatoms. The molecule has 0 atom stereocenters. The first-order valence-electron chi connectivity index (χ1n) is 9.97. The number of methoxy groups -OCH3 is 1. The van der Waals surface area contributed by atoms with Crippen LogP contribution in [-0.4, -0.2) is 31.8 Å². The molecule has 1 amide bonds. The van der Waals surface area contributed by atoms with Crippen LogP contribution in [0.5, 0.6) is 17.2 Å². The molecule has 3 rings (SSSR count). The standard InChI is InChI=1S/C25H20BrClN2O5/c1-32-20-9-5-17(6-10-20)7-12-25(31)34-21-4-2-3-18(13-21)15-28-29-24(30)16-33-23-11-8-19(27)14-22(23)26/h2-15H,16H2,1H3,(H,29,30). The summed E-state index contributed by atoms with van der Waals surface area (Å²) in [6.07, 6.45) is 4.41. The Morgan fingerprint density at radius 2 is 1.82 bits per heavy atom. The van der Waals surface area contributed by atoms with Gasteiger partial charge in [0.25, 0.3) is 5.91 Å². The Morgan fingerprint density at radius 3 is 2.56 bits per heavy atom. The second kappa shape index (κ2) is 12.6. The highest BCUT2D eigenvalue weighted by molar-refractivity contribution is 9.10. The first kappa shape index (κ1) is 25.0.